The molecule has 1 aromatic rings. The number of benzene rings is 1. The first-order valence-corrected chi connectivity index (χ1v) is 5.20. The van der Waals surface area contributed by atoms with Gasteiger partial charge < -0.3 is 15.8 Å². The highest BCUT2D eigenvalue weighted by Crippen LogP contribution is 2.22. The Morgan fingerprint density at radius 2 is 2.19 bits per heavy atom. The lowest BCUT2D eigenvalue weighted by Gasteiger charge is -2.13. The van der Waals surface area contributed by atoms with E-state index in [4.69, 9.17) is 10.5 Å². The second-order valence-electron chi connectivity index (χ2n) is 3.65. The zero-order valence-electron chi connectivity index (χ0n) is 9.14. The van der Waals surface area contributed by atoms with Crippen LogP contribution in [0.15, 0.2) is 24.3 Å². The van der Waals surface area contributed by atoms with E-state index in [2.05, 4.69) is 5.32 Å². The fourth-order valence-electron chi connectivity index (χ4n) is 1.66. The predicted octanol–water partition coefficient (Wildman–Crippen LogP) is 1.01. The number of rotatable bonds is 3. The molecule has 5 nitrogen and oxygen atoms in total. The van der Waals surface area contributed by atoms with Crippen LogP contribution in [0.5, 0.6) is 0 Å². The Bertz CT molecular complexity index is 377. The van der Waals surface area contributed by atoms with Crippen LogP contribution in [0.25, 0.3) is 0 Å². The number of nitrogens with one attached hydrogen (secondary N) is 1. The summed E-state index contributed by atoms with van der Waals surface area (Å²) in [5, 5.41) is 3.02. The van der Waals surface area contributed by atoms with Gasteiger partial charge in [-0.25, -0.2) is 4.79 Å². The highest BCUT2D eigenvalue weighted by atomic mass is 16.6. The molecule has 1 unspecified atom stereocenters. The molecule has 0 spiro atoms. The van der Waals surface area contributed by atoms with Crippen LogP contribution in [0.4, 0.5) is 16.2 Å². The van der Waals surface area contributed by atoms with Gasteiger partial charge in [-0.1, -0.05) is 0 Å². The summed E-state index contributed by atoms with van der Waals surface area (Å²) in [5.74, 6) is 0. The van der Waals surface area contributed by atoms with Crippen molar-refractivity contribution in [3.05, 3.63) is 24.3 Å². The van der Waals surface area contributed by atoms with Gasteiger partial charge >= 0.3 is 6.09 Å². The third-order valence-corrected chi connectivity index (χ3v) is 2.60. The van der Waals surface area contributed by atoms with Gasteiger partial charge in [0.05, 0.1) is 6.54 Å². The SMILES string of the molecule is CNc1ccc(N2CC(CN)OC2=O)cc1. The van der Waals surface area contributed by atoms with E-state index in [0.717, 1.165) is 11.4 Å². The molecule has 5 heteroatoms. The Hall–Kier alpha value is -1.75. The largest absolute Gasteiger partial charge is 0.443 e. The van der Waals surface area contributed by atoms with E-state index in [-0.39, 0.29) is 12.2 Å². The number of anilines is 2. The van der Waals surface area contributed by atoms with Crippen LogP contribution in [0, 0.1) is 0 Å². The molecule has 1 saturated heterocycles. The third-order valence-electron chi connectivity index (χ3n) is 2.60. The molecule has 1 atom stereocenters. The van der Waals surface area contributed by atoms with Gasteiger partial charge in [-0.15, -0.1) is 0 Å². The number of cyclic esters (lactones) is 1. The summed E-state index contributed by atoms with van der Waals surface area (Å²) in [5.41, 5.74) is 7.31. The number of carbonyl (C=O) groups is 1. The summed E-state index contributed by atoms with van der Waals surface area (Å²) >= 11 is 0. The summed E-state index contributed by atoms with van der Waals surface area (Å²) in [6.45, 7) is 0.880. The lowest BCUT2D eigenvalue weighted by molar-refractivity contribution is 0.145. The van der Waals surface area contributed by atoms with Gasteiger partial charge in [0, 0.05) is 25.0 Å². The van der Waals surface area contributed by atoms with E-state index in [0.29, 0.717) is 13.1 Å². The zero-order valence-corrected chi connectivity index (χ0v) is 9.14. The minimum absolute atomic E-state index is 0.198. The quantitative estimate of drug-likeness (QED) is 0.799. The van der Waals surface area contributed by atoms with Crippen molar-refractivity contribution in [3.8, 4) is 0 Å². The van der Waals surface area contributed by atoms with Gasteiger partial charge in [0.2, 0.25) is 0 Å². The molecule has 0 aromatic heterocycles. The average molecular weight is 221 g/mol. The van der Waals surface area contributed by atoms with Gasteiger partial charge in [0.15, 0.2) is 0 Å². The molecule has 2 rings (SSSR count). The smallest absolute Gasteiger partial charge is 0.414 e. The van der Waals surface area contributed by atoms with Crippen LogP contribution < -0.4 is 16.0 Å². The Morgan fingerprint density at radius 1 is 1.50 bits per heavy atom. The van der Waals surface area contributed by atoms with Crippen molar-refractivity contribution in [3.63, 3.8) is 0 Å². The molecule has 0 radical (unpaired) electrons. The molecule has 16 heavy (non-hydrogen) atoms. The van der Waals surface area contributed by atoms with E-state index < -0.39 is 0 Å². The zero-order chi connectivity index (χ0) is 11.5. The maximum Gasteiger partial charge on any atom is 0.414 e. The monoisotopic (exact) mass is 221 g/mol. The predicted molar refractivity (Wildman–Crippen MR) is 62.7 cm³/mol. The first-order chi connectivity index (χ1) is 7.74. The second-order valence-corrected chi connectivity index (χ2v) is 3.65. The second kappa shape index (κ2) is 4.40. The summed E-state index contributed by atoms with van der Waals surface area (Å²) in [4.78, 5) is 13.1. The summed E-state index contributed by atoms with van der Waals surface area (Å²) < 4.78 is 5.08. The normalized spacial score (nSPS) is 19.8. The number of hydrogen-bond donors (Lipinski definition) is 2. The van der Waals surface area contributed by atoms with Gasteiger partial charge in [0.25, 0.3) is 0 Å². The molecule has 1 aliphatic rings. The van der Waals surface area contributed by atoms with Crippen molar-refractivity contribution in [2.45, 2.75) is 6.10 Å². The molecule has 0 saturated carbocycles. The molecule has 1 aromatic carbocycles. The van der Waals surface area contributed by atoms with E-state index in [1.165, 1.54) is 0 Å². The molecule has 1 heterocycles. The van der Waals surface area contributed by atoms with Crippen LogP contribution >= 0.6 is 0 Å². The first-order valence-electron chi connectivity index (χ1n) is 5.20. The summed E-state index contributed by atoms with van der Waals surface area (Å²) in [6.07, 6.45) is -0.524. The fraction of sp³-hybridized carbons (Fsp3) is 0.364. The maximum absolute atomic E-state index is 11.5. The molecular weight excluding hydrogens is 206 g/mol. The van der Waals surface area contributed by atoms with Crippen LogP contribution in [0.3, 0.4) is 0 Å². The molecule has 1 amide bonds. The minimum Gasteiger partial charge on any atom is -0.443 e. The van der Waals surface area contributed by atoms with Crippen molar-refractivity contribution in [2.75, 3.05) is 30.4 Å². The molecular formula is C11H15N3O2. The number of amides is 1. The Balaban J connectivity index is 2.15. The van der Waals surface area contributed by atoms with Crippen LogP contribution in [0.1, 0.15) is 0 Å². The van der Waals surface area contributed by atoms with Crippen LogP contribution in [-0.2, 0) is 4.74 Å². The highest BCUT2D eigenvalue weighted by molar-refractivity contribution is 5.89. The summed E-state index contributed by atoms with van der Waals surface area (Å²) in [6, 6.07) is 7.59. The van der Waals surface area contributed by atoms with Crippen LogP contribution in [-0.4, -0.2) is 32.3 Å². The number of nitrogens with two attached hydrogens (primary N) is 1. The van der Waals surface area contributed by atoms with Gasteiger partial charge in [0.1, 0.15) is 6.10 Å². The van der Waals surface area contributed by atoms with Gasteiger partial charge in [-0.2, -0.15) is 0 Å². The summed E-state index contributed by atoms with van der Waals surface area (Å²) in [7, 11) is 1.85. The number of ether oxygens (including phenoxy) is 1. The van der Waals surface area contributed by atoms with Crippen molar-refractivity contribution in [2.24, 2.45) is 5.73 Å². The lowest BCUT2D eigenvalue weighted by Crippen LogP contribution is -2.27. The number of hydrogen-bond acceptors (Lipinski definition) is 4. The van der Waals surface area contributed by atoms with E-state index >= 15 is 0 Å². The van der Waals surface area contributed by atoms with Crippen molar-refractivity contribution in [1.82, 2.24) is 0 Å². The Labute approximate surface area is 94.2 Å². The van der Waals surface area contributed by atoms with Gasteiger partial charge in [-0.3, -0.25) is 4.90 Å². The van der Waals surface area contributed by atoms with Crippen LogP contribution in [0.2, 0.25) is 0 Å². The fourth-order valence-corrected chi connectivity index (χ4v) is 1.66. The minimum atomic E-state index is -0.326. The highest BCUT2D eigenvalue weighted by Gasteiger charge is 2.31. The molecule has 0 aliphatic carbocycles. The maximum atomic E-state index is 11.5. The van der Waals surface area contributed by atoms with Crippen molar-refractivity contribution < 1.29 is 9.53 Å². The molecule has 1 aliphatic heterocycles. The number of nitrogens with zero attached hydrogens (tertiary/aromatic N) is 1. The van der Waals surface area contributed by atoms with Crippen molar-refractivity contribution in [1.29, 1.82) is 0 Å². The average Bonchev–Trinajstić information content (AvgIpc) is 2.71. The van der Waals surface area contributed by atoms with E-state index in [1.54, 1.807) is 4.90 Å². The van der Waals surface area contributed by atoms with E-state index in [1.807, 2.05) is 31.3 Å². The topological polar surface area (TPSA) is 67.6 Å². The first kappa shape index (κ1) is 10.8. The third kappa shape index (κ3) is 1.94. The molecule has 1 fully saturated rings. The van der Waals surface area contributed by atoms with E-state index in [9.17, 15) is 4.79 Å². The number of carbonyl (C=O) groups excluding carboxylic acids is 1. The van der Waals surface area contributed by atoms with Crippen molar-refractivity contribution >= 4 is 17.5 Å². The molecule has 86 valence electrons. The lowest BCUT2D eigenvalue weighted by atomic mass is 10.2. The molecule has 3 N–H and O–H groups in total. The standard InChI is InChI=1S/C11H15N3O2/c1-13-8-2-4-9(5-3-8)14-7-10(6-12)16-11(14)15/h2-5,10,13H,6-7,12H2,1H3. The Morgan fingerprint density at radius 3 is 2.69 bits per heavy atom. The Kier molecular flexibility index (Phi) is 2.96. The van der Waals surface area contributed by atoms with Gasteiger partial charge in [-0.05, 0) is 24.3 Å². The molecule has 0 bridgehead atoms.